The van der Waals surface area contributed by atoms with E-state index in [0.717, 1.165) is 64.2 Å². The van der Waals surface area contributed by atoms with Gasteiger partial charge in [0, 0.05) is 19.4 Å². The van der Waals surface area contributed by atoms with Crippen molar-refractivity contribution in [2.45, 2.75) is 284 Å². The van der Waals surface area contributed by atoms with E-state index < -0.39 is 6.10 Å². The second-order valence-corrected chi connectivity index (χ2v) is 17.8. The van der Waals surface area contributed by atoms with Gasteiger partial charge >= 0.3 is 11.9 Å². The highest BCUT2D eigenvalue weighted by Crippen LogP contribution is 2.14. The summed E-state index contributed by atoms with van der Waals surface area (Å²) in [6.07, 6.45) is 61.5. The number of carbonyl (C=O) groups is 2. The van der Waals surface area contributed by atoms with Crippen molar-refractivity contribution in [2.24, 2.45) is 0 Å². The summed E-state index contributed by atoms with van der Waals surface area (Å²) in [7, 11) is 0. The quantitative estimate of drug-likeness (QED) is 0.0347. The van der Waals surface area contributed by atoms with Crippen molar-refractivity contribution < 1.29 is 23.8 Å². The minimum atomic E-state index is -0.541. The highest BCUT2D eigenvalue weighted by Gasteiger charge is 2.17. The standard InChI is InChI=1S/C55H102O5/c1-4-7-10-13-16-19-22-25-26-27-28-29-32-35-38-41-44-47-50-58-51-53(60-55(57)49-46-43-40-37-34-31-24-21-18-15-12-9-6-3)52-59-54(56)48-45-42-39-36-33-30-23-20-17-14-11-8-5-2/h20-21,23-26,53H,4-19,22,27-52H2,1-3H3/b23-20-,24-21-,26-25-. The van der Waals surface area contributed by atoms with Gasteiger partial charge in [-0.1, -0.05) is 205 Å². The van der Waals surface area contributed by atoms with E-state index >= 15 is 0 Å². The van der Waals surface area contributed by atoms with Crippen LogP contribution in [-0.2, 0) is 23.8 Å². The summed E-state index contributed by atoms with van der Waals surface area (Å²) in [5.74, 6) is -0.408. The Morgan fingerprint density at radius 3 is 1.03 bits per heavy atom. The summed E-state index contributed by atoms with van der Waals surface area (Å²) in [5, 5.41) is 0. The maximum Gasteiger partial charge on any atom is 0.306 e. The highest BCUT2D eigenvalue weighted by atomic mass is 16.6. The van der Waals surface area contributed by atoms with Crippen molar-refractivity contribution in [1.82, 2.24) is 0 Å². The van der Waals surface area contributed by atoms with Crippen LogP contribution in [0.1, 0.15) is 278 Å². The monoisotopic (exact) mass is 843 g/mol. The van der Waals surface area contributed by atoms with Crippen LogP contribution < -0.4 is 0 Å². The molecule has 0 aliphatic heterocycles. The summed E-state index contributed by atoms with van der Waals surface area (Å²) >= 11 is 0. The van der Waals surface area contributed by atoms with Crippen LogP contribution in [-0.4, -0.2) is 37.9 Å². The first kappa shape index (κ1) is 58.1. The average molecular weight is 843 g/mol. The topological polar surface area (TPSA) is 61.8 Å². The smallest absolute Gasteiger partial charge is 0.306 e. The van der Waals surface area contributed by atoms with Gasteiger partial charge < -0.3 is 14.2 Å². The molecule has 0 radical (unpaired) electrons. The van der Waals surface area contributed by atoms with E-state index in [1.807, 2.05) is 0 Å². The van der Waals surface area contributed by atoms with Crippen LogP contribution in [0, 0.1) is 0 Å². The summed E-state index contributed by atoms with van der Waals surface area (Å²) in [4.78, 5) is 25.4. The van der Waals surface area contributed by atoms with Crippen LogP contribution in [0.3, 0.4) is 0 Å². The van der Waals surface area contributed by atoms with Crippen LogP contribution in [0.2, 0.25) is 0 Å². The lowest BCUT2D eigenvalue weighted by atomic mass is 10.1. The Hall–Kier alpha value is -1.88. The molecule has 0 amide bonds. The first-order valence-corrected chi connectivity index (χ1v) is 26.5. The molecule has 0 aliphatic rings. The van der Waals surface area contributed by atoms with E-state index in [0.29, 0.717) is 19.4 Å². The molecule has 5 nitrogen and oxygen atoms in total. The molecule has 1 unspecified atom stereocenters. The molecule has 0 aliphatic carbocycles. The Morgan fingerprint density at radius 1 is 0.350 bits per heavy atom. The van der Waals surface area contributed by atoms with Crippen molar-refractivity contribution in [3.8, 4) is 0 Å². The van der Waals surface area contributed by atoms with E-state index in [4.69, 9.17) is 14.2 Å². The molecule has 1 atom stereocenters. The van der Waals surface area contributed by atoms with E-state index in [-0.39, 0.29) is 25.2 Å². The third-order valence-corrected chi connectivity index (χ3v) is 11.6. The molecule has 0 N–H and O–H groups in total. The number of rotatable bonds is 49. The maximum absolute atomic E-state index is 12.8. The number of ether oxygens (including phenoxy) is 3. The zero-order valence-electron chi connectivity index (χ0n) is 40.5. The van der Waals surface area contributed by atoms with Crippen LogP contribution in [0.25, 0.3) is 0 Å². The Kier molecular flexibility index (Phi) is 49.9. The van der Waals surface area contributed by atoms with E-state index in [1.54, 1.807) is 0 Å². The normalized spacial score (nSPS) is 12.4. The Labute approximate surface area is 374 Å². The van der Waals surface area contributed by atoms with Gasteiger partial charge in [-0.15, -0.1) is 0 Å². The molecular formula is C55H102O5. The van der Waals surface area contributed by atoms with Gasteiger partial charge in [0.25, 0.3) is 0 Å². The zero-order chi connectivity index (χ0) is 43.5. The van der Waals surface area contributed by atoms with Gasteiger partial charge in [-0.25, -0.2) is 0 Å². The SMILES string of the molecule is CCCCCC/C=C\CCCCCCCC(=O)OCC(COCCCCCCCCCC/C=C\CCCCCCCC)OC(=O)CCCCCCC/C=C\CCCCCC. The number of esters is 2. The maximum atomic E-state index is 12.8. The Bertz CT molecular complexity index is 955. The molecule has 0 aromatic heterocycles. The number of allylic oxidation sites excluding steroid dienone is 6. The molecule has 60 heavy (non-hydrogen) atoms. The molecule has 352 valence electrons. The van der Waals surface area contributed by atoms with Crippen LogP contribution in [0.15, 0.2) is 36.5 Å². The van der Waals surface area contributed by atoms with Crippen LogP contribution in [0.5, 0.6) is 0 Å². The number of unbranched alkanes of at least 4 members (excludes halogenated alkanes) is 32. The van der Waals surface area contributed by atoms with Gasteiger partial charge in [-0.2, -0.15) is 0 Å². The van der Waals surface area contributed by atoms with Crippen LogP contribution >= 0.6 is 0 Å². The third kappa shape index (κ3) is 48.8. The summed E-state index contributed by atoms with van der Waals surface area (Å²) in [5.41, 5.74) is 0. The first-order valence-electron chi connectivity index (χ1n) is 26.5. The van der Waals surface area contributed by atoms with Crippen molar-refractivity contribution >= 4 is 11.9 Å². The average Bonchev–Trinajstić information content (AvgIpc) is 3.25. The van der Waals surface area contributed by atoms with Crippen molar-refractivity contribution in [3.63, 3.8) is 0 Å². The molecule has 0 rings (SSSR count). The van der Waals surface area contributed by atoms with Gasteiger partial charge in [0.15, 0.2) is 6.10 Å². The van der Waals surface area contributed by atoms with Gasteiger partial charge in [0.2, 0.25) is 0 Å². The highest BCUT2D eigenvalue weighted by molar-refractivity contribution is 5.70. The summed E-state index contributed by atoms with van der Waals surface area (Å²) in [6, 6.07) is 0. The molecule has 0 fully saturated rings. The lowest BCUT2D eigenvalue weighted by Gasteiger charge is -2.18. The summed E-state index contributed by atoms with van der Waals surface area (Å²) in [6.45, 7) is 7.81. The lowest BCUT2D eigenvalue weighted by Crippen LogP contribution is -2.30. The van der Waals surface area contributed by atoms with Crippen molar-refractivity contribution in [3.05, 3.63) is 36.5 Å². The second-order valence-electron chi connectivity index (χ2n) is 17.8. The molecule has 0 aromatic rings. The minimum Gasteiger partial charge on any atom is -0.462 e. The Morgan fingerprint density at radius 2 is 0.650 bits per heavy atom. The minimum absolute atomic E-state index is 0.0798. The van der Waals surface area contributed by atoms with Crippen molar-refractivity contribution in [2.75, 3.05) is 19.8 Å². The molecule has 0 aromatic carbocycles. The van der Waals surface area contributed by atoms with Gasteiger partial charge in [0.05, 0.1) is 6.61 Å². The molecule has 0 saturated carbocycles. The molecule has 0 spiro atoms. The van der Waals surface area contributed by atoms with E-state index in [9.17, 15) is 9.59 Å². The van der Waals surface area contributed by atoms with Gasteiger partial charge in [-0.3, -0.25) is 9.59 Å². The zero-order valence-corrected chi connectivity index (χ0v) is 40.5. The van der Waals surface area contributed by atoms with E-state index in [2.05, 4.69) is 57.2 Å². The Balaban J connectivity index is 4.24. The number of carbonyl (C=O) groups excluding carboxylic acids is 2. The third-order valence-electron chi connectivity index (χ3n) is 11.6. The second kappa shape index (κ2) is 51.5. The molecule has 0 bridgehead atoms. The van der Waals surface area contributed by atoms with E-state index in [1.165, 1.54) is 180 Å². The lowest BCUT2D eigenvalue weighted by molar-refractivity contribution is -0.163. The number of hydrogen-bond acceptors (Lipinski definition) is 5. The molecule has 5 heteroatoms. The van der Waals surface area contributed by atoms with Crippen LogP contribution in [0.4, 0.5) is 0 Å². The fourth-order valence-electron chi connectivity index (χ4n) is 7.61. The van der Waals surface area contributed by atoms with Gasteiger partial charge in [-0.05, 0) is 96.3 Å². The van der Waals surface area contributed by atoms with Gasteiger partial charge in [0.1, 0.15) is 6.61 Å². The predicted molar refractivity (Wildman–Crippen MR) is 261 cm³/mol. The molecule has 0 saturated heterocycles. The van der Waals surface area contributed by atoms with Crippen molar-refractivity contribution in [1.29, 1.82) is 0 Å². The molecule has 0 heterocycles. The fraction of sp³-hybridized carbons (Fsp3) is 0.855. The first-order chi connectivity index (χ1) is 29.6. The predicted octanol–water partition coefficient (Wildman–Crippen LogP) is 17.8. The number of hydrogen-bond donors (Lipinski definition) is 0. The summed E-state index contributed by atoms with van der Waals surface area (Å²) < 4.78 is 17.4. The fourth-order valence-corrected chi connectivity index (χ4v) is 7.61. The molecular weight excluding hydrogens is 741 g/mol. The largest absolute Gasteiger partial charge is 0.462 e.